The number of methoxy groups -OCH3 is 1. The molecule has 0 aromatic heterocycles. The Labute approximate surface area is 77.5 Å². The van der Waals surface area contributed by atoms with Crippen LogP contribution < -0.4 is 0 Å². The van der Waals surface area contributed by atoms with Gasteiger partial charge >= 0.3 is 5.97 Å². The van der Waals surface area contributed by atoms with Crippen LogP contribution in [0.5, 0.6) is 0 Å². The molecular formula is C9H14O4. The van der Waals surface area contributed by atoms with E-state index in [4.69, 9.17) is 9.47 Å². The predicted octanol–water partition coefficient (Wildman–Crippen LogP) is 1.06. The molecule has 0 N–H and O–H groups in total. The lowest BCUT2D eigenvalue weighted by Gasteiger charge is -2.06. The Morgan fingerprint density at radius 1 is 1.23 bits per heavy atom. The number of hydrogen-bond acceptors (Lipinski definition) is 4. The van der Waals surface area contributed by atoms with E-state index in [1.807, 2.05) is 0 Å². The quantitative estimate of drug-likeness (QED) is 0.216. The Kier molecular flexibility index (Phi) is 4.80. The molecule has 0 saturated heterocycles. The van der Waals surface area contributed by atoms with Crippen LogP contribution in [0.2, 0.25) is 0 Å². The van der Waals surface area contributed by atoms with Gasteiger partial charge in [-0.15, -0.1) is 0 Å². The summed E-state index contributed by atoms with van der Waals surface area (Å²) in [4.78, 5) is 22.2. The average molecular weight is 186 g/mol. The molecular weight excluding hydrogens is 172 g/mol. The van der Waals surface area contributed by atoms with Crippen molar-refractivity contribution in [2.24, 2.45) is 0 Å². The Morgan fingerprint density at radius 3 is 2.08 bits per heavy atom. The fourth-order valence-corrected chi connectivity index (χ4v) is 0.841. The standard InChI is InChI=1S/C9H14O4/c1-5-13-9(11)8(6(2)10)7(3)12-4/h5H2,1-4H3/b8-7+. The van der Waals surface area contributed by atoms with E-state index in [-0.39, 0.29) is 23.7 Å². The largest absolute Gasteiger partial charge is 0.500 e. The Hall–Kier alpha value is -1.32. The van der Waals surface area contributed by atoms with Crippen LogP contribution in [0.1, 0.15) is 20.8 Å². The van der Waals surface area contributed by atoms with Gasteiger partial charge in [0.05, 0.1) is 13.7 Å². The zero-order chi connectivity index (χ0) is 10.4. The second-order valence-corrected chi connectivity index (χ2v) is 2.41. The molecule has 0 aliphatic heterocycles. The van der Waals surface area contributed by atoms with Crippen LogP contribution in [0.25, 0.3) is 0 Å². The maximum Gasteiger partial charge on any atom is 0.345 e. The third kappa shape index (κ3) is 3.27. The van der Waals surface area contributed by atoms with E-state index < -0.39 is 5.97 Å². The smallest absolute Gasteiger partial charge is 0.345 e. The minimum atomic E-state index is -0.630. The van der Waals surface area contributed by atoms with Crippen LogP contribution in [0.15, 0.2) is 11.3 Å². The lowest BCUT2D eigenvalue weighted by atomic mass is 10.1. The summed E-state index contributed by atoms with van der Waals surface area (Å²) in [5, 5.41) is 0. The third-order valence-corrected chi connectivity index (χ3v) is 1.49. The van der Waals surface area contributed by atoms with E-state index >= 15 is 0 Å². The van der Waals surface area contributed by atoms with Crippen LogP contribution >= 0.6 is 0 Å². The number of esters is 1. The first-order chi connectivity index (χ1) is 6.04. The maximum atomic E-state index is 11.2. The number of hydrogen-bond donors (Lipinski definition) is 0. The van der Waals surface area contributed by atoms with Gasteiger partial charge in [-0.1, -0.05) is 0 Å². The average Bonchev–Trinajstić information content (AvgIpc) is 2.04. The monoisotopic (exact) mass is 186 g/mol. The molecule has 0 aliphatic rings. The summed E-state index contributed by atoms with van der Waals surface area (Å²) in [5.74, 6) is -0.696. The molecule has 74 valence electrons. The van der Waals surface area contributed by atoms with E-state index in [0.717, 1.165) is 0 Å². The van der Waals surface area contributed by atoms with Gasteiger partial charge in [-0.2, -0.15) is 0 Å². The van der Waals surface area contributed by atoms with Crippen molar-refractivity contribution < 1.29 is 19.1 Å². The fraction of sp³-hybridized carbons (Fsp3) is 0.556. The van der Waals surface area contributed by atoms with E-state index in [1.54, 1.807) is 13.8 Å². The van der Waals surface area contributed by atoms with Crippen LogP contribution in [-0.4, -0.2) is 25.5 Å². The summed E-state index contributed by atoms with van der Waals surface area (Å²) in [5.41, 5.74) is -0.0237. The van der Waals surface area contributed by atoms with E-state index in [1.165, 1.54) is 14.0 Å². The van der Waals surface area contributed by atoms with E-state index in [9.17, 15) is 9.59 Å². The van der Waals surface area contributed by atoms with Gasteiger partial charge in [0, 0.05) is 0 Å². The second kappa shape index (κ2) is 5.35. The van der Waals surface area contributed by atoms with Crippen molar-refractivity contribution in [1.29, 1.82) is 0 Å². The highest BCUT2D eigenvalue weighted by molar-refractivity contribution is 6.16. The molecule has 4 nitrogen and oxygen atoms in total. The first-order valence-corrected chi connectivity index (χ1v) is 3.97. The van der Waals surface area contributed by atoms with Gasteiger partial charge in [-0.05, 0) is 20.8 Å². The lowest BCUT2D eigenvalue weighted by molar-refractivity contribution is -0.140. The highest BCUT2D eigenvalue weighted by Crippen LogP contribution is 2.08. The fourth-order valence-electron chi connectivity index (χ4n) is 0.841. The molecule has 13 heavy (non-hydrogen) atoms. The molecule has 4 heteroatoms. The summed E-state index contributed by atoms with van der Waals surface area (Å²) in [6.45, 7) is 4.77. The number of carbonyl (C=O) groups is 2. The summed E-state index contributed by atoms with van der Waals surface area (Å²) in [7, 11) is 1.40. The molecule has 0 saturated carbocycles. The van der Waals surface area contributed by atoms with Crippen LogP contribution in [0.4, 0.5) is 0 Å². The minimum Gasteiger partial charge on any atom is -0.500 e. The van der Waals surface area contributed by atoms with E-state index in [0.29, 0.717) is 0 Å². The Balaban J connectivity index is 4.82. The Bertz CT molecular complexity index is 240. The van der Waals surface area contributed by atoms with Crippen molar-refractivity contribution in [2.45, 2.75) is 20.8 Å². The molecule has 0 aromatic rings. The topological polar surface area (TPSA) is 52.6 Å². The van der Waals surface area contributed by atoms with Gasteiger partial charge in [0.15, 0.2) is 5.78 Å². The van der Waals surface area contributed by atoms with Crippen LogP contribution in [-0.2, 0) is 19.1 Å². The molecule has 0 aromatic carbocycles. The summed E-state index contributed by atoms with van der Waals surface area (Å²) >= 11 is 0. The minimum absolute atomic E-state index is 0.0237. The molecule has 0 heterocycles. The molecule has 0 bridgehead atoms. The normalized spacial score (nSPS) is 11.7. The molecule has 0 unspecified atom stereocenters. The van der Waals surface area contributed by atoms with Gasteiger partial charge in [-0.25, -0.2) is 4.79 Å². The summed E-state index contributed by atoms with van der Waals surface area (Å²) < 4.78 is 9.49. The van der Waals surface area contributed by atoms with Crippen molar-refractivity contribution in [1.82, 2.24) is 0 Å². The molecule has 0 atom stereocenters. The summed E-state index contributed by atoms with van der Waals surface area (Å²) in [6.07, 6.45) is 0. The van der Waals surface area contributed by atoms with Gasteiger partial charge in [0.25, 0.3) is 0 Å². The van der Waals surface area contributed by atoms with Crippen molar-refractivity contribution in [2.75, 3.05) is 13.7 Å². The lowest BCUT2D eigenvalue weighted by Crippen LogP contribution is -2.16. The van der Waals surface area contributed by atoms with Crippen molar-refractivity contribution >= 4 is 11.8 Å². The summed E-state index contributed by atoms with van der Waals surface area (Å²) in [6, 6.07) is 0. The van der Waals surface area contributed by atoms with Gasteiger partial charge in [0.1, 0.15) is 11.3 Å². The first kappa shape index (κ1) is 11.7. The number of carbonyl (C=O) groups excluding carboxylic acids is 2. The number of ketones is 1. The second-order valence-electron chi connectivity index (χ2n) is 2.41. The number of ether oxygens (including phenoxy) is 2. The molecule has 0 rings (SSSR count). The van der Waals surface area contributed by atoms with Gasteiger partial charge in [-0.3, -0.25) is 4.79 Å². The molecule has 0 amide bonds. The number of rotatable bonds is 4. The zero-order valence-electron chi connectivity index (χ0n) is 8.34. The van der Waals surface area contributed by atoms with Crippen molar-refractivity contribution in [3.63, 3.8) is 0 Å². The number of allylic oxidation sites excluding steroid dienone is 1. The maximum absolute atomic E-state index is 11.2. The van der Waals surface area contributed by atoms with Crippen LogP contribution in [0, 0.1) is 0 Å². The molecule has 0 radical (unpaired) electrons. The Morgan fingerprint density at radius 2 is 1.77 bits per heavy atom. The SMILES string of the molecule is CCOC(=O)/C(C(C)=O)=C(\C)OC. The van der Waals surface area contributed by atoms with Crippen LogP contribution in [0.3, 0.4) is 0 Å². The van der Waals surface area contributed by atoms with Gasteiger partial charge < -0.3 is 9.47 Å². The predicted molar refractivity (Wildman–Crippen MR) is 47.0 cm³/mol. The number of Topliss-reactive ketones (excluding diaryl/α,β-unsaturated/α-hetero) is 1. The van der Waals surface area contributed by atoms with Gasteiger partial charge in [0.2, 0.25) is 0 Å². The highest BCUT2D eigenvalue weighted by Gasteiger charge is 2.19. The highest BCUT2D eigenvalue weighted by atomic mass is 16.5. The molecule has 0 aliphatic carbocycles. The van der Waals surface area contributed by atoms with E-state index in [2.05, 4.69) is 0 Å². The first-order valence-electron chi connectivity index (χ1n) is 3.97. The van der Waals surface area contributed by atoms with Crippen molar-refractivity contribution in [3.05, 3.63) is 11.3 Å². The molecule has 0 fully saturated rings. The zero-order valence-corrected chi connectivity index (χ0v) is 8.34. The van der Waals surface area contributed by atoms with Crippen molar-refractivity contribution in [3.8, 4) is 0 Å². The molecule has 0 spiro atoms. The third-order valence-electron chi connectivity index (χ3n) is 1.49.